The molecule has 0 amide bonds. The summed E-state index contributed by atoms with van der Waals surface area (Å²) < 4.78 is 5.28. The monoisotopic (exact) mass is 232 g/mol. The van der Waals surface area contributed by atoms with Crippen LogP contribution in [0.15, 0.2) is 60.8 Å². The molecule has 0 spiro atoms. The van der Waals surface area contributed by atoms with Crippen LogP contribution in [0.5, 0.6) is 0 Å². The summed E-state index contributed by atoms with van der Waals surface area (Å²) in [5, 5.41) is 9.74. The van der Waals surface area contributed by atoms with Gasteiger partial charge >= 0.3 is 0 Å². The summed E-state index contributed by atoms with van der Waals surface area (Å²) in [6, 6.07) is 0. The van der Waals surface area contributed by atoms with E-state index in [0.717, 1.165) is 19.3 Å². The normalized spacial score (nSPS) is 21.0. The van der Waals surface area contributed by atoms with Crippen molar-refractivity contribution in [1.82, 2.24) is 0 Å². The summed E-state index contributed by atoms with van der Waals surface area (Å²) in [4.78, 5) is 0. The third-order valence-corrected chi connectivity index (χ3v) is 2.91. The minimum atomic E-state index is 0.0395. The van der Waals surface area contributed by atoms with Crippen LogP contribution in [0.2, 0.25) is 0 Å². The van der Waals surface area contributed by atoms with Crippen molar-refractivity contribution in [3.8, 4) is 0 Å². The standard InChI is InChI=1S/C15H20O2/c1-5-14(17-6-2)15(12(4)16)13-9-7-8-11(3)10-13/h5-6,10,13,16H,1-2,4,7-9H2,3H3/b15-14-/t13-/m0/s1. The largest absolute Gasteiger partial charge is 0.508 e. The van der Waals surface area contributed by atoms with Gasteiger partial charge in [0.1, 0.15) is 11.5 Å². The maximum Gasteiger partial charge on any atom is 0.133 e. The number of hydrogen-bond donors (Lipinski definition) is 1. The van der Waals surface area contributed by atoms with E-state index in [4.69, 9.17) is 4.74 Å². The van der Waals surface area contributed by atoms with E-state index < -0.39 is 0 Å². The zero-order valence-corrected chi connectivity index (χ0v) is 10.4. The Morgan fingerprint density at radius 2 is 2.24 bits per heavy atom. The fourth-order valence-electron chi connectivity index (χ4n) is 2.19. The molecule has 0 heterocycles. The van der Waals surface area contributed by atoms with Gasteiger partial charge < -0.3 is 9.84 Å². The number of aliphatic hydroxyl groups is 1. The summed E-state index contributed by atoms with van der Waals surface area (Å²) >= 11 is 0. The molecular formula is C15H20O2. The smallest absolute Gasteiger partial charge is 0.133 e. The summed E-state index contributed by atoms with van der Waals surface area (Å²) in [7, 11) is 0. The fraction of sp³-hybridized carbons (Fsp3) is 0.333. The second kappa shape index (κ2) is 6.14. The minimum absolute atomic E-state index is 0.0395. The number of ether oxygens (including phenoxy) is 1. The van der Waals surface area contributed by atoms with E-state index in [9.17, 15) is 5.11 Å². The third-order valence-electron chi connectivity index (χ3n) is 2.91. The second-order valence-corrected chi connectivity index (χ2v) is 4.23. The highest BCUT2D eigenvalue weighted by atomic mass is 16.5. The molecule has 1 aliphatic rings. The molecule has 1 N–H and O–H groups in total. The van der Waals surface area contributed by atoms with Crippen LogP contribution in [0, 0.1) is 5.92 Å². The van der Waals surface area contributed by atoms with Crippen molar-refractivity contribution in [3.63, 3.8) is 0 Å². The molecule has 0 radical (unpaired) electrons. The lowest BCUT2D eigenvalue weighted by Crippen LogP contribution is -2.11. The summed E-state index contributed by atoms with van der Waals surface area (Å²) in [6.45, 7) is 12.9. The van der Waals surface area contributed by atoms with Crippen LogP contribution in [-0.4, -0.2) is 5.11 Å². The Labute approximate surface area is 103 Å². The van der Waals surface area contributed by atoms with Crippen molar-refractivity contribution in [2.45, 2.75) is 26.2 Å². The molecular weight excluding hydrogens is 212 g/mol. The highest BCUT2D eigenvalue weighted by molar-refractivity contribution is 5.37. The maximum atomic E-state index is 9.74. The van der Waals surface area contributed by atoms with Gasteiger partial charge in [-0.15, -0.1) is 0 Å². The van der Waals surface area contributed by atoms with Crippen molar-refractivity contribution in [3.05, 3.63) is 60.8 Å². The van der Waals surface area contributed by atoms with E-state index in [0.29, 0.717) is 11.3 Å². The Balaban J connectivity index is 3.15. The molecule has 2 heteroatoms. The number of allylic oxidation sites excluding steroid dienone is 4. The first-order valence-corrected chi connectivity index (χ1v) is 5.79. The molecule has 0 unspecified atom stereocenters. The molecule has 0 saturated carbocycles. The van der Waals surface area contributed by atoms with E-state index in [1.807, 2.05) is 0 Å². The van der Waals surface area contributed by atoms with Crippen LogP contribution < -0.4 is 0 Å². The third kappa shape index (κ3) is 3.38. The molecule has 2 nitrogen and oxygen atoms in total. The first-order chi connectivity index (χ1) is 8.10. The highest BCUT2D eigenvalue weighted by Gasteiger charge is 2.21. The SMILES string of the molecule is C=CO/C(C=C)=C(/C(=C)O)[C@@H]1C=C(C)CCC1. The molecule has 0 aromatic carbocycles. The quantitative estimate of drug-likeness (QED) is 0.432. The van der Waals surface area contributed by atoms with Gasteiger partial charge in [0.2, 0.25) is 0 Å². The van der Waals surface area contributed by atoms with E-state index in [-0.39, 0.29) is 11.7 Å². The van der Waals surface area contributed by atoms with Crippen LogP contribution in [0.25, 0.3) is 0 Å². The van der Waals surface area contributed by atoms with Gasteiger partial charge in [-0.2, -0.15) is 0 Å². The average molecular weight is 232 g/mol. The molecule has 0 aliphatic heterocycles. The molecule has 92 valence electrons. The van der Waals surface area contributed by atoms with Crippen molar-refractivity contribution < 1.29 is 9.84 Å². The molecule has 0 aromatic heterocycles. The first-order valence-electron chi connectivity index (χ1n) is 5.79. The van der Waals surface area contributed by atoms with Crippen LogP contribution in [0.3, 0.4) is 0 Å². The lowest BCUT2D eigenvalue weighted by atomic mass is 9.84. The fourth-order valence-corrected chi connectivity index (χ4v) is 2.19. The van der Waals surface area contributed by atoms with Crippen LogP contribution in [-0.2, 0) is 4.74 Å². The predicted molar refractivity (Wildman–Crippen MR) is 71.4 cm³/mol. The van der Waals surface area contributed by atoms with Gasteiger partial charge in [-0.25, -0.2) is 0 Å². The van der Waals surface area contributed by atoms with Gasteiger partial charge in [0.15, 0.2) is 0 Å². The summed E-state index contributed by atoms with van der Waals surface area (Å²) in [5.41, 5.74) is 2.04. The summed E-state index contributed by atoms with van der Waals surface area (Å²) in [6.07, 6.45) is 8.30. The van der Waals surface area contributed by atoms with Crippen LogP contribution in [0.4, 0.5) is 0 Å². The molecule has 0 saturated heterocycles. The lowest BCUT2D eigenvalue weighted by molar-refractivity contribution is 0.341. The number of hydrogen-bond acceptors (Lipinski definition) is 2. The van der Waals surface area contributed by atoms with Crippen molar-refractivity contribution >= 4 is 0 Å². The first kappa shape index (κ1) is 13.4. The van der Waals surface area contributed by atoms with E-state index in [2.05, 4.69) is 32.7 Å². The molecule has 17 heavy (non-hydrogen) atoms. The summed E-state index contributed by atoms with van der Waals surface area (Å²) in [5.74, 6) is 0.718. The Kier molecular flexibility index (Phi) is 4.83. The van der Waals surface area contributed by atoms with Crippen molar-refractivity contribution in [2.24, 2.45) is 5.92 Å². The molecule has 1 aliphatic carbocycles. The Bertz CT molecular complexity index is 386. The maximum absolute atomic E-state index is 9.74. The van der Waals surface area contributed by atoms with Gasteiger partial charge in [-0.1, -0.05) is 31.4 Å². The van der Waals surface area contributed by atoms with Crippen LogP contribution in [0.1, 0.15) is 26.2 Å². The van der Waals surface area contributed by atoms with Gasteiger partial charge in [-0.3, -0.25) is 0 Å². The average Bonchev–Trinajstić information content (AvgIpc) is 2.28. The van der Waals surface area contributed by atoms with Gasteiger partial charge in [-0.05, 0) is 32.3 Å². The Hall–Kier alpha value is -1.70. The highest BCUT2D eigenvalue weighted by Crippen LogP contribution is 2.33. The minimum Gasteiger partial charge on any atom is -0.508 e. The zero-order valence-electron chi connectivity index (χ0n) is 10.4. The topological polar surface area (TPSA) is 29.5 Å². The van der Waals surface area contributed by atoms with Crippen LogP contribution >= 0.6 is 0 Å². The lowest BCUT2D eigenvalue weighted by Gasteiger charge is -2.23. The zero-order chi connectivity index (χ0) is 12.8. The number of rotatable bonds is 5. The molecule has 1 atom stereocenters. The Morgan fingerprint density at radius 3 is 2.71 bits per heavy atom. The van der Waals surface area contributed by atoms with Gasteiger partial charge in [0.05, 0.1) is 6.26 Å². The molecule has 0 fully saturated rings. The molecule has 0 bridgehead atoms. The predicted octanol–water partition coefficient (Wildman–Crippen LogP) is 4.40. The molecule has 0 aromatic rings. The van der Waals surface area contributed by atoms with E-state index in [1.165, 1.54) is 11.8 Å². The van der Waals surface area contributed by atoms with E-state index in [1.54, 1.807) is 6.08 Å². The van der Waals surface area contributed by atoms with Crippen molar-refractivity contribution in [1.29, 1.82) is 0 Å². The van der Waals surface area contributed by atoms with Gasteiger partial charge in [0.25, 0.3) is 0 Å². The molecule has 1 rings (SSSR count). The van der Waals surface area contributed by atoms with E-state index >= 15 is 0 Å². The number of aliphatic hydroxyl groups excluding tert-OH is 1. The second-order valence-electron chi connectivity index (χ2n) is 4.23. The van der Waals surface area contributed by atoms with Crippen molar-refractivity contribution in [2.75, 3.05) is 0 Å². The Morgan fingerprint density at radius 1 is 1.53 bits per heavy atom. The van der Waals surface area contributed by atoms with Gasteiger partial charge in [0, 0.05) is 11.5 Å².